The topological polar surface area (TPSA) is 3.24 Å². The predicted molar refractivity (Wildman–Crippen MR) is 123 cm³/mol. The molecule has 5 rings (SSSR count). The van der Waals surface area contributed by atoms with Crippen LogP contribution in [0, 0.1) is 5.92 Å². The molecule has 144 valence electrons. The van der Waals surface area contributed by atoms with Crippen LogP contribution in [0.15, 0.2) is 108 Å². The molecule has 0 radical (unpaired) electrons. The third kappa shape index (κ3) is 3.42. The summed E-state index contributed by atoms with van der Waals surface area (Å²) in [6, 6.07) is 21.7. The molecule has 3 aliphatic rings. The first kappa shape index (κ1) is 18.0. The molecule has 2 aromatic rings. The Balaban J connectivity index is 1.61. The van der Waals surface area contributed by atoms with E-state index in [4.69, 9.17) is 0 Å². The van der Waals surface area contributed by atoms with Crippen LogP contribution in [0.3, 0.4) is 0 Å². The van der Waals surface area contributed by atoms with Crippen molar-refractivity contribution in [1.29, 1.82) is 0 Å². The SMILES string of the molecule is CCN1C2=CC(/C=C(/c3ccccc3)C/C=C\2)C2=C1CCC(c1ccccc1)=C2. The van der Waals surface area contributed by atoms with Crippen molar-refractivity contribution in [1.82, 2.24) is 4.90 Å². The van der Waals surface area contributed by atoms with Crippen LogP contribution < -0.4 is 0 Å². The quantitative estimate of drug-likeness (QED) is 0.557. The van der Waals surface area contributed by atoms with Crippen LogP contribution in [-0.4, -0.2) is 11.4 Å². The molecule has 0 spiro atoms. The first-order valence-corrected chi connectivity index (χ1v) is 10.7. The zero-order chi connectivity index (χ0) is 19.6. The molecule has 1 aliphatic heterocycles. The number of rotatable bonds is 3. The maximum Gasteiger partial charge on any atom is 0.0373 e. The van der Waals surface area contributed by atoms with Gasteiger partial charge in [0, 0.05) is 23.9 Å². The summed E-state index contributed by atoms with van der Waals surface area (Å²) >= 11 is 0. The van der Waals surface area contributed by atoms with Gasteiger partial charge in [-0.1, -0.05) is 78.9 Å². The van der Waals surface area contributed by atoms with Gasteiger partial charge in [0.05, 0.1) is 0 Å². The summed E-state index contributed by atoms with van der Waals surface area (Å²) in [5.74, 6) is 0.335. The van der Waals surface area contributed by atoms with E-state index in [0.717, 1.165) is 25.8 Å². The molecule has 2 bridgehead atoms. The Labute approximate surface area is 174 Å². The highest BCUT2D eigenvalue weighted by Crippen LogP contribution is 2.42. The summed E-state index contributed by atoms with van der Waals surface area (Å²) in [7, 11) is 0. The number of fused-ring (bicyclic) bond motifs is 2. The lowest BCUT2D eigenvalue weighted by Crippen LogP contribution is -2.29. The third-order valence-electron chi connectivity index (χ3n) is 6.25. The third-order valence-corrected chi connectivity index (χ3v) is 6.25. The standard InChI is InChI=1S/C28H27N/c1-2-29-26-15-9-14-23(21-10-5-3-6-11-21)18-25(19-26)27-20-24(16-17-28(27)29)22-12-7-4-8-13-22/h3-13,15,18-20,25H,2,14,16-17H2,1H3/b15-9-,23-18+. The van der Waals surface area contributed by atoms with Crippen LogP contribution in [0.1, 0.15) is 37.3 Å². The molecule has 0 amide bonds. The van der Waals surface area contributed by atoms with Gasteiger partial charge < -0.3 is 4.90 Å². The maximum absolute atomic E-state index is 2.52. The average Bonchev–Trinajstić information content (AvgIpc) is 2.77. The van der Waals surface area contributed by atoms with Gasteiger partial charge >= 0.3 is 0 Å². The Bertz CT molecular complexity index is 1050. The van der Waals surface area contributed by atoms with Crippen molar-refractivity contribution in [3.05, 3.63) is 119 Å². The van der Waals surface area contributed by atoms with E-state index >= 15 is 0 Å². The fourth-order valence-electron chi connectivity index (χ4n) is 4.83. The molecule has 0 aromatic heterocycles. The van der Waals surface area contributed by atoms with Crippen molar-refractivity contribution in [3.8, 4) is 0 Å². The van der Waals surface area contributed by atoms with E-state index in [1.54, 1.807) is 0 Å². The lowest BCUT2D eigenvalue weighted by atomic mass is 9.80. The molecule has 0 N–H and O–H groups in total. The van der Waals surface area contributed by atoms with E-state index in [9.17, 15) is 0 Å². The lowest BCUT2D eigenvalue weighted by molar-refractivity contribution is 0.421. The van der Waals surface area contributed by atoms with Gasteiger partial charge in [-0.05, 0) is 66.2 Å². The Kier molecular flexibility index (Phi) is 4.81. The first-order valence-electron chi connectivity index (χ1n) is 10.7. The minimum absolute atomic E-state index is 0.335. The average molecular weight is 378 g/mol. The normalized spacial score (nSPS) is 23.8. The summed E-state index contributed by atoms with van der Waals surface area (Å²) in [5, 5.41) is 0. The Morgan fingerprint density at radius 1 is 0.828 bits per heavy atom. The van der Waals surface area contributed by atoms with E-state index in [0.29, 0.717) is 5.92 Å². The molecule has 1 heteroatoms. The van der Waals surface area contributed by atoms with Crippen LogP contribution in [0.5, 0.6) is 0 Å². The van der Waals surface area contributed by atoms with E-state index in [1.807, 2.05) is 0 Å². The van der Waals surface area contributed by atoms with Gasteiger partial charge in [0.1, 0.15) is 0 Å². The second-order valence-corrected chi connectivity index (χ2v) is 7.96. The zero-order valence-corrected chi connectivity index (χ0v) is 17.0. The molecule has 1 unspecified atom stereocenters. The van der Waals surface area contributed by atoms with Crippen molar-refractivity contribution in [2.75, 3.05) is 6.54 Å². The van der Waals surface area contributed by atoms with Crippen LogP contribution in [0.2, 0.25) is 0 Å². The van der Waals surface area contributed by atoms with Gasteiger partial charge in [-0.3, -0.25) is 0 Å². The van der Waals surface area contributed by atoms with Crippen molar-refractivity contribution >= 4 is 11.1 Å². The van der Waals surface area contributed by atoms with Gasteiger partial charge in [0.25, 0.3) is 0 Å². The second kappa shape index (κ2) is 7.75. The largest absolute Gasteiger partial charge is 0.345 e. The van der Waals surface area contributed by atoms with Crippen LogP contribution in [0.4, 0.5) is 0 Å². The summed E-state index contributed by atoms with van der Waals surface area (Å²) in [5.41, 5.74) is 9.90. The lowest BCUT2D eigenvalue weighted by Gasteiger charge is -2.38. The number of nitrogens with zero attached hydrogens (tertiary/aromatic N) is 1. The molecule has 0 saturated carbocycles. The number of hydrogen-bond donors (Lipinski definition) is 0. The molecular formula is C28H27N. The fourth-order valence-corrected chi connectivity index (χ4v) is 4.83. The minimum Gasteiger partial charge on any atom is -0.345 e. The fraction of sp³-hybridized carbons (Fsp3) is 0.214. The predicted octanol–water partition coefficient (Wildman–Crippen LogP) is 7.00. The van der Waals surface area contributed by atoms with Crippen molar-refractivity contribution in [2.24, 2.45) is 5.92 Å². The number of hydrogen-bond acceptors (Lipinski definition) is 1. The van der Waals surface area contributed by atoms with Crippen LogP contribution >= 0.6 is 0 Å². The number of benzene rings is 2. The van der Waals surface area contributed by atoms with Gasteiger partial charge in [-0.2, -0.15) is 0 Å². The number of allylic oxidation sites excluding steroid dienone is 9. The van der Waals surface area contributed by atoms with Crippen molar-refractivity contribution in [2.45, 2.75) is 26.2 Å². The molecule has 29 heavy (non-hydrogen) atoms. The highest BCUT2D eigenvalue weighted by molar-refractivity contribution is 5.74. The van der Waals surface area contributed by atoms with E-state index < -0.39 is 0 Å². The first-order chi connectivity index (χ1) is 14.3. The second-order valence-electron chi connectivity index (χ2n) is 7.96. The molecule has 1 atom stereocenters. The molecule has 1 heterocycles. The molecular weight excluding hydrogens is 350 g/mol. The van der Waals surface area contributed by atoms with Crippen molar-refractivity contribution in [3.63, 3.8) is 0 Å². The highest BCUT2D eigenvalue weighted by Gasteiger charge is 2.29. The minimum atomic E-state index is 0.335. The zero-order valence-electron chi connectivity index (χ0n) is 17.0. The van der Waals surface area contributed by atoms with Crippen LogP contribution in [-0.2, 0) is 0 Å². The Hall–Kier alpha value is -3.06. The van der Waals surface area contributed by atoms with Gasteiger partial charge in [-0.25, -0.2) is 0 Å². The molecule has 0 fully saturated rings. The molecule has 2 aromatic carbocycles. The molecule has 0 saturated heterocycles. The maximum atomic E-state index is 2.52. The summed E-state index contributed by atoms with van der Waals surface area (Å²) < 4.78 is 0. The monoisotopic (exact) mass is 377 g/mol. The van der Waals surface area contributed by atoms with E-state index in [2.05, 4.69) is 103 Å². The Morgan fingerprint density at radius 2 is 1.52 bits per heavy atom. The Morgan fingerprint density at radius 3 is 2.21 bits per heavy atom. The molecule has 1 nitrogen and oxygen atoms in total. The summed E-state index contributed by atoms with van der Waals surface area (Å²) in [6.45, 7) is 3.28. The van der Waals surface area contributed by atoms with Gasteiger partial charge in [-0.15, -0.1) is 0 Å². The summed E-state index contributed by atoms with van der Waals surface area (Å²) in [4.78, 5) is 2.52. The summed E-state index contributed by atoms with van der Waals surface area (Å²) in [6.07, 6.45) is 15.3. The highest BCUT2D eigenvalue weighted by atomic mass is 15.1. The van der Waals surface area contributed by atoms with E-state index in [-0.39, 0.29) is 0 Å². The van der Waals surface area contributed by atoms with E-state index in [1.165, 1.54) is 39.2 Å². The van der Waals surface area contributed by atoms with Gasteiger partial charge in [0.15, 0.2) is 0 Å². The van der Waals surface area contributed by atoms with Crippen molar-refractivity contribution < 1.29 is 0 Å². The molecule has 2 aliphatic carbocycles. The van der Waals surface area contributed by atoms with Gasteiger partial charge in [0.2, 0.25) is 0 Å². The number of likely N-dealkylation sites (N-methyl/N-ethyl adjacent to an activating group) is 1. The van der Waals surface area contributed by atoms with Crippen LogP contribution in [0.25, 0.3) is 11.1 Å². The smallest absolute Gasteiger partial charge is 0.0373 e.